The molecule has 0 spiro atoms. The van der Waals surface area contributed by atoms with Crippen molar-refractivity contribution < 1.29 is 17.9 Å². The van der Waals surface area contributed by atoms with Crippen LogP contribution >= 0.6 is 0 Å². The number of carbonyl (C=O) groups excluding carboxylic acids is 1. The summed E-state index contributed by atoms with van der Waals surface area (Å²) in [6.45, 7) is 3.78. The molecule has 178 valence electrons. The van der Waals surface area contributed by atoms with Gasteiger partial charge < -0.3 is 10.1 Å². The number of carbonyl (C=O) groups is 1. The monoisotopic (exact) mass is 471 g/mol. The first-order chi connectivity index (χ1) is 15.9. The molecule has 2 aromatic rings. The van der Waals surface area contributed by atoms with E-state index in [2.05, 4.69) is 10.2 Å². The van der Waals surface area contributed by atoms with Gasteiger partial charge in [0, 0.05) is 37.8 Å². The molecule has 1 aliphatic heterocycles. The van der Waals surface area contributed by atoms with Gasteiger partial charge in [-0.05, 0) is 43.2 Å². The Hall–Kier alpha value is -2.42. The molecule has 2 fully saturated rings. The molecule has 2 aromatic carbocycles. The number of sulfonamides is 1. The maximum atomic E-state index is 13.1. The highest BCUT2D eigenvalue weighted by Crippen LogP contribution is 2.34. The largest absolute Gasteiger partial charge is 0.379 e. The van der Waals surface area contributed by atoms with Crippen LogP contribution in [0.4, 0.5) is 5.69 Å². The number of ether oxygens (including phenoxy) is 1. The van der Waals surface area contributed by atoms with Crippen LogP contribution in [-0.4, -0.2) is 64.7 Å². The average molecular weight is 472 g/mol. The molecule has 0 aromatic heterocycles. The Bertz CT molecular complexity index is 1050. The summed E-state index contributed by atoms with van der Waals surface area (Å²) in [4.78, 5) is 15.6. The van der Waals surface area contributed by atoms with Crippen LogP contribution in [0.25, 0.3) is 0 Å². The third-order valence-corrected chi connectivity index (χ3v) is 8.70. The van der Waals surface area contributed by atoms with Gasteiger partial charge in [0.1, 0.15) is 0 Å². The van der Waals surface area contributed by atoms with Crippen LogP contribution in [0, 0.1) is 0 Å². The molecule has 1 saturated carbocycles. The lowest BCUT2D eigenvalue weighted by Crippen LogP contribution is -2.59. The molecule has 4 rings (SSSR count). The first-order valence-corrected chi connectivity index (χ1v) is 13.1. The molecular formula is C25H33N3O4S. The van der Waals surface area contributed by atoms with Crippen LogP contribution in [0.1, 0.15) is 42.5 Å². The van der Waals surface area contributed by atoms with E-state index in [4.69, 9.17) is 4.74 Å². The smallest absolute Gasteiger partial charge is 0.264 e. The van der Waals surface area contributed by atoms with E-state index in [0.29, 0.717) is 17.8 Å². The number of nitrogens with zero attached hydrogens (tertiary/aromatic N) is 2. The molecule has 0 radical (unpaired) electrons. The number of benzene rings is 2. The molecule has 0 atom stereocenters. The van der Waals surface area contributed by atoms with Crippen molar-refractivity contribution in [2.75, 3.05) is 44.2 Å². The Balaban J connectivity index is 1.49. The van der Waals surface area contributed by atoms with Crippen molar-refractivity contribution in [1.82, 2.24) is 10.2 Å². The normalized spacial score (nSPS) is 19.1. The molecule has 1 saturated heterocycles. The van der Waals surface area contributed by atoms with Gasteiger partial charge >= 0.3 is 0 Å². The van der Waals surface area contributed by atoms with Crippen molar-refractivity contribution in [1.29, 1.82) is 0 Å². The second kappa shape index (κ2) is 10.2. The number of morpholine rings is 1. The fourth-order valence-corrected chi connectivity index (χ4v) is 6.17. The Kier molecular flexibility index (Phi) is 7.36. The Morgan fingerprint density at radius 2 is 1.73 bits per heavy atom. The van der Waals surface area contributed by atoms with E-state index in [9.17, 15) is 13.2 Å². The number of hydrogen-bond donors (Lipinski definition) is 1. The minimum absolute atomic E-state index is 0.0467. The summed E-state index contributed by atoms with van der Waals surface area (Å²) >= 11 is 0. The molecule has 33 heavy (non-hydrogen) atoms. The van der Waals surface area contributed by atoms with Gasteiger partial charge in [0.2, 0.25) is 0 Å². The highest BCUT2D eigenvalue weighted by molar-refractivity contribution is 7.92. The third kappa shape index (κ3) is 5.23. The fourth-order valence-electron chi connectivity index (χ4n) is 4.93. The number of rotatable bonds is 7. The number of hydrogen-bond acceptors (Lipinski definition) is 5. The maximum absolute atomic E-state index is 13.1. The summed E-state index contributed by atoms with van der Waals surface area (Å²) in [5.74, 6) is -0.243. The number of anilines is 1. The van der Waals surface area contributed by atoms with E-state index in [1.165, 1.54) is 29.9 Å². The molecule has 1 N–H and O–H groups in total. The minimum Gasteiger partial charge on any atom is -0.379 e. The van der Waals surface area contributed by atoms with E-state index in [1.807, 2.05) is 6.07 Å². The molecule has 8 heteroatoms. The fraction of sp³-hybridized carbons (Fsp3) is 0.480. The highest BCUT2D eigenvalue weighted by atomic mass is 32.2. The zero-order chi connectivity index (χ0) is 23.3. The standard InChI is InChI=1S/C25H33N3O4S/c1-27(22-10-4-2-5-11-22)33(30,31)23-12-8-9-21(19-23)24(29)26-20-25(13-6-3-7-14-25)28-15-17-32-18-16-28/h2,4-5,8-12,19H,3,6-7,13-18,20H2,1H3,(H,26,29). The van der Waals surface area contributed by atoms with Gasteiger partial charge in [0.25, 0.3) is 15.9 Å². The van der Waals surface area contributed by atoms with Crippen molar-refractivity contribution in [2.24, 2.45) is 0 Å². The first-order valence-electron chi connectivity index (χ1n) is 11.7. The van der Waals surface area contributed by atoms with Gasteiger partial charge in [-0.3, -0.25) is 14.0 Å². The summed E-state index contributed by atoms with van der Waals surface area (Å²) in [6, 6.07) is 15.2. The SMILES string of the molecule is CN(c1ccccc1)S(=O)(=O)c1cccc(C(=O)NCC2(N3CCOCC3)CCCCC2)c1. The van der Waals surface area contributed by atoms with Gasteiger partial charge in [-0.1, -0.05) is 43.5 Å². The van der Waals surface area contributed by atoms with Crippen LogP contribution in [0.5, 0.6) is 0 Å². The van der Waals surface area contributed by atoms with Gasteiger partial charge in [-0.2, -0.15) is 0 Å². The van der Waals surface area contributed by atoms with Gasteiger partial charge in [0.15, 0.2) is 0 Å². The quantitative estimate of drug-likeness (QED) is 0.671. The van der Waals surface area contributed by atoms with Gasteiger partial charge in [0.05, 0.1) is 23.8 Å². The van der Waals surface area contributed by atoms with Crippen LogP contribution in [0.3, 0.4) is 0 Å². The lowest BCUT2D eigenvalue weighted by molar-refractivity contribution is -0.0361. The van der Waals surface area contributed by atoms with Crippen LogP contribution in [0.15, 0.2) is 59.5 Å². The van der Waals surface area contributed by atoms with Crippen LogP contribution in [-0.2, 0) is 14.8 Å². The molecule has 7 nitrogen and oxygen atoms in total. The van der Waals surface area contributed by atoms with Crippen molar-refractivity contribution in [3.63, 3.8) is 0 Å². The van der Waals surface area contributed by atoms with Crippen molar-refractivity contribution in [3.05, 3.63) is 60.2 Å². The second-order valence-corrected chi connectivity index (χ2v) is 10.9. The summed E-state index contributed by atoms with van der Waals surface area (Å²) in [6.07, 6.45) is 5.67. The van der Waals surface area contributed by atoms with Gasteiger partial charge in [-0.25, -0.2) is 8.42 Å². The lowest BCUT2D eigenvalue weighted by atomic mass is 9.79. The summed E-state index contributed by atoms with van der Waals surface area (Å²) in [5, 5.41) is 3.12. The average Bonchev–Trinajstić information content (AvgIpc) is 2.88. The zero-order valence-electron chi connectivity index (χ0n) is 19.2. The van der Waals surface area contributed by atoms with Crippen molar-refractivity contribution in [3.8, 4) is 0 Å². The minimum atomic E-state index is -3.78. The molecule has 1 heterocycles. The van der Waals surface area contributed by atoms with E-state index in [-0.39, 0.29) is 16.3 Å². The van der Waals surface area contributed by atoms with E-state index in [1.54, 1.807) is 36.4 Å². The first kappa shape index (κ1) is 23.7. The Labute approximate surface area is 196 Å². The highest BCUT2D eigenvalue weighted by Gasteiger charge is 2.39. The Morgan fingerprint density at radius 3 is 2.42 bits per heavy atom. The molecule has 0 unspecified atom stereocenters. The summed E-state index contributed by atoms with van der Waals surface area (Å²) < 4.78 is 33.1. The molecule has 1 amide bonds. The predicted octanol–water partition coefficient (Wildman–Crippen LogP) is 3.28. The van der Waals surface area contributed by atoms with Crippen molar-refractivity contribution >= 4 is 21.6 Å². The molecule has 0 bridgehead atoms. The van der Waals surface area contributed by atoms with E-state index < -0.39 is 10.0 Å². The van der Waals surface area contributed by atoms with Gasteiger partial charge in [-0.15, -0.1) is 0 Å². The Morgan fingerprint density at radius 1 is 1.03 bits per heavy atom. The van der Waals surface area contributed by atoms with Crippen LogP contribution < -0.4 is 9.62 Å². The second-order valence-electron chi connectivity index (χ2n) is 8.90. The topological polar surface area (TPSA) is 79.0 Å². The maximum Gasteiger partial charge on any atom is 0.264 e. The van der Waals surface area contributed by atoms with E-state index >= 15 is 0 Å². The number of nitrogens with one attached hydrogen (secondary N) is 1. The van der Waals surface area contributed by atoms with E-state index in [0.717, 1.165) is 52.0 Å². The summed E-state index contributed by atoms with van der Waals surface area (Å²) in [5.41, 5.74) is 0.872. The predicted molar refractivity (Wildman–Crippen MR) is 129 cm³/mol. The number of para-hydroxylation sites is 1. The van der Waals surface area contributed by atoms with Crippen molar-refractivity contribution in [2.45, 2.75) is 42.5 Å². The van der Waals surface area contributed by atoms with Crippen LogP contribution in [0.2, 0.25) is 0 Å². The third-order valence-electron chi connectivity index (χ3n) is 6.92. The lowest BCUT2D eigenvalue weighted by Gasteiger charge is -2.48. The molecular weight excluding hydrogens is 438 g/mol. The number of amides is 1. The molecule has 1 aliphatic carbocycles. The molecule has 2 aliphatic rings. The summed E-state index contributed by atoms with van der Waals surface area (Å²) in [7, 11) is -2.26. The zero-order valence-corrected chi connectivity index (χ0v) is 20.0.